The number of hydrogen-bond acceptors (Lipinski definition) is 5. The van der Waals surface area contributed by atoms with E-state index in [1.54, 1.807) is 4.68 Å². The summed E-state index contributed by atoms with van der Waals surface area (Å²) >= 11 is 0. The highest BCUT2D eigenvalue weighted by Gasteiger charge is 2.42. The predicted molar refractivity (Wildman–Crippen MR) is 91.4 cm³/mol. The van der Waals surface area contributed by atoms with E-state index >= 15 is 0 Å². The number of aromatic nitrogens is 2. The van der Waals surface area contributed by atoms with Gasteiger partial charge < -0.3 is 14.7 Å². The predicted octanol–water partition coefficient (Wildman–Crippen LogP) is 1.09. The van der Waals surface area contributed by atoms with Crippen LogP contribution in [0, 0.1) is 19.8 Å². The largest absolute Gasteiger partial charge is 0.396 e. The molecular formula is C18H27N3O4. The van der Waals surface area contributed by atoms with E-state index in [4.69, 9.17) is 4.74 Å². The Kier molecular flexibility index (Phi) is 5.24. The lowest BCUT2D eigenvalue weighted by Gasteiger charge is -2.37. The van der Waals surface area contributed by atoms with Crippen molar-refractivity contribution in [1.82, 2.24) is 14.7 Å². The van der Waals surface area contributed by atoms with Crippen molar-refractivity contribution in [2.75, 3.05) is 19.8 Å². The van der Waals surface area contributed by atoms with Gasteiger partial charge in [0.2, 0.25) is 5.91 Å². The van der Waals surface area contributed by atoms with Crippen molar-refractivity contribution in [3.05, 3.63) is 17.0 Å². The summed E-state index contributed by atoms with van der Waals surface area (Å²) in [4.78, 5) is 26.4. The molecule has 1 aromatic rings. The molecule has 0 spiro atoms. The fourth-order valence-corrected chi connectivity index (χ4v) is 4.28. The molecule has 138 valence electrons. The first-order valence-corrected chi connectivity index (χ1v) is 8.99. The smallest absolute Gasteiger partial charge is 0.224 e. The highest BCUT2D eigenvalue weighted by molar-refractivity contribution is 5.96. The fraction of sp³-hybridized carbons (Fsp3) is 0.722. The van der Waals surface area contributed by atoms with Gasteiger partial charge in [0.05, 0.1) is 30.0 Å². The molecular weight excluding hydrogens is 322 g/mol. The molecule has 2 heterocycles. The molecule has 1 amide bonds. The third kappa shape index (κ3) is 3.48. The number of aliphatic hydroxyl groups excluding tert-OH is 1. The van der Waals surface area contributed by atoms with E-state index in [0.29, 0.717) is 37.4 Å². The normalized spacial score (nSPS) is 25.9. The standard InChI is InChI=1S/C18H27N3O4/c1-11-18(13(3)23)12(2)21(19-11)5-4-17(24)20-6-7-25-16-9-14(10-22)8-15(16)20/h14-16,22H,4-10H2,1-3H3/t14-,15+,16?/m1/s1. The molecule has 1 saturated heterocycles. The minimum atomic E-state index is 0.00426. The number of aryl methyl sites for hydroxylation is 2. The van der Waals surface area contributed by atoms with Crippen LogP contribution in [0.3, 0.4) is 0 Å². The summed E-state index contributed by atoms with van der Waals surface area (Å²) in [6.45, 7) is 7.01. The van der Waals surface area contributed by atoms with Crippen molar-refractivity contribution in [1.29, 1.82) is 0 Å². The van der Waals surface area contributed by atoms with Crippen molar-refractivity contribution >= 4 is 11.7 Å². The maximum atomic E-state index is 12.7. The highest BCUT2D eigenvalue weighted by Crippen LogP contribution is 2.34. The molecule has 2 fully saturated rings. The van der Waals surface area contributed by atoms with Crippen molar-refractivity contribution in [2.24, 2.45) is 5.92 Å². The molecule has 0 radical (unpaired) electrons. The first-order chi connectivity index (χ1) is 11.9. The summed E-state index contributed by atoms with van der Waals surface area (Å²) in [6, 6.07) is 0.0756. The SMILES string of the molecule is CC(=O)c1c(C)nn(CCC(=O)N2CCOC3C[C@H](CO)C[C@@H]32)c1C. The first kappa shape index (κ1) is 18.1. The maximum Gasteiger partial charge on any atom is 0.224 e. The second kappa shape index (κ2) is 7.25. The lowest BCUT2D eigenvalue weighted by atomic mass is 10.1. The zero-order chi connectivity index (χ0) is 18.1. The Bertz CT molecular complexity index is 670. The molecule has 1 aromatic heterocycles. The van der Waals surface area contributed by atoms with Gasteiger partial charge in [0, 0.05) is 31.8 Å². The zero-order valence-corrected chi connectivity index (χ0v) is 15.2. The lowest BCUT2D eigenvalue weighted by molar-refractivity contribution is -0.144. The number of rotatable bonds is 5. The van der Waals surface area contributed by atoms with E-state index in [9.17, 15) is 14.7 Å². The number of aliphatic hydroxyl groups is 1. The van der Waals surface area contributed by atoms with Crippen LogP contribution in [0.25, 0.3) is 0 Å². The van der Waals surface area contributed by atoms with Gasteiger partial charge in [-0.05, 0) is 39.5 Å². The Labute approximate surface area is 147 Å². The van der Waals surface area contributed by atoms with E-state index in [-0.39, 0.29) is 36.4 Å². The van der Waals surface area contributed by atoms with Crippen LogP contribution in [0.15, 0.2) is 0 Å². The monoisotopic (exact) mass is 349 g/mol. The second-order valence-corrected chi connectivity index (χ2v) is 7.16. The Morgan fingerprint density at radius 2 is 2.08 bits per heavy atom. The third-order valence-corrected chi connectivity index (χ3v) is 5.48. The summed E-state index contributed by atoms with van der Waals surface area (Å²) in [6.07, 6.45) is 2.03. The van der Waals surface area contributed by atoms with Gasteiger partial charge >= 0.3 is 0 Å². The molecule has 7 nitrogen and oxygen atoms in total. The molecule has 1 saturated carbocycles. The summed E-state index contributed by atoms with van der Waals surface area (Å²) < 4.78 is 7.54. The van der Waals surface area contributed by atoms with Gasteiger partial charge in [0.25, 0.3) is 0 Å². The van der Waals surface area contributed by atoms with Gasteiger partial charge in [-0.2, -0.15) is 5.10 Å². The number of ether oxygens (including phenoxy) is 1. The van der Waals surface area contributed by atoms with E-state index in [1.807, 2.05) is 18.7 Å². The molecule has 25 heavy (non-hydrogen) atoms. The van der Waals surface area contributed by atoms with Crippen LogP contribution in [0.4, 0.5) is 0 Å². The average Bonchev–Trinajstić information content (AvgIpc) is 3.12. The number of morpholine rings is 1. The number of fused-ring (bicyclic) bond motifs is 1. The topological polar surface area (TPSA) is 84.7 Å². The third-order valence-electron chi connectivity index (χ3n) is 5.48. The molecule has 1 unspecified atom stereocenters. The average molecular weight is 349 g/mol. The lowest BCUT2D eigenvalue weighted by Crippen LogP contribution is -2.51. The second-order valence-electron chi connectivity index (χ2n) is 7.16. The molecule has 3 rings (SSSR count). The van der Waals surface area contributed by atoms with E-state index in [2.05, 4.69) is 5.10 Å². The summed E-state index contributed by atoms with van der Waals surface area (Å²) in [5, 5.41) is 13.8. The number of amides is 1. The van der Waals surface area contributed by atoms with Gasteiger partial charge in [0.1, 0.15) is 0 Å². The van der Waals surface area contributed by atoms with E-state index < -0.39 is 0 Å². The Hall–Kier alpha value is -1.73. The van der Waals surface area contributed by atoms with Crippen molar-refractivity contribution in [2.45, 2.75) is 58.7 Å². The van der Waals surface area contributed by atoms with Gasteiger partial charge in [-0.15, -0.1) is 0 Å². The van der Waals surface area contributed by atoms with Gasteiger partial charge in [0.15, 0.2) is 5.78 Å². The zero-order valence-electron chi connectivity index (χ0n) is 15.2. The van der Waals surface area contributed by atoms with Crippen molar-refractivity contribution < 1.29 is 19.4 Å². The van der Waals surface area contributed by atoms with Crippen molar-refractivity contribution in [3.8, 4) is 0 Å². The number of ketones is 1. The Morgan fingerprint density at radius 1 is 1.32 bits per heavy atom. The number of carbonyl (C=O) groups is 2. The molecule has 0 aromatic carbocycles. The molecule has 3 atom stereocenters. The number of hydrogen-bond donors (Lipinski definition) is 1. The van der Waals surface area contributed by atoms with Crippen LogP contribution in [-0.2, 0) is 16.1 Å². The van der Waals surface area contributed by atoms with E-state index in [0.717, 1.165) is 18.5 Å². The van der Waals surface area contributed by atoms with Crippen LogP contribution in [0.1, 0.15) is 47.9 Å². The minimum Gasteiger partial charge on any atom is -0.396 e. The van der Waals surface area contributed by atoms with Crippen LogP contribution >= 0.6 is 0 Å². The van der Waals surface area contributed by atoms with Crippen LogP contribution in [0.2, 0.25) is 0 Å². The van der Waals surface area contributed by atoms with Crippen LogP contribution in [-0.4, -0.2) is 63.4 Å². The van der Waals surface area contributed by atoms with Crippen molar-refractivity contribution in [3.63, 3.8) is 0 Å². The van der Waals surface area contributed by atoms with E-state index in [1.165, 1.54) is 6.92 Å². The number of Topliss-reactive ketones (excluding diaryl/α,β-unsaturated/α-hetero) is 1. The van der Waals surface area contributed by atoms with Crippen LogP contribution < -0.4 is 0 Å². The first-order valence-electron chi connectivity index (χ1n) is 8.99. The Balaban J connectivity index is 1.65. The molecule has 7 heteroatoms. The summed E-state index contributed by atoms with van der Waals surface area (Å²) in [7, 11) is 0. The molecule has 0 bridgehead atoms. The quantitative estimate of drug-likeness (QED) is 0.805. The molecule has 1 aliphatic carbocycles. The maximum absolute atomic E-state index is 12.7. The fourth-order valence-electron chi connectivity index (χ4n) is 4.28. The number of nitrogens with zero attached hydrogens (tertiary/aromatic N) is 3. The number of carbonyl (C=O) groups excluding carboxylic acids is 2. The molecule has 2 aliphatic rings. The van der Waals surface area contributed by atoms with Crippen LogP contribution in [0.5, 0.6) is 0 Å². The van der Waals surface area contributed by atoms with Gasteiger partial charge in [-0.1, -0.05) is 0 Å². The highest BCUT2D eigenvalue weighted by atomic mass is 16.5. The Morgan fingerprint density at radius 3 is 2.72 bits per heavy atom. The van der Waals surface area contributed by atoms with Gasteiger partial charge in [-0.25, -0.2) is 0 Å². The van der Waals surface area contributed by atoms with Gasteiger partial charge in [-0.3, -0.25) is 14.3 Å². The minimum absolute atomic E-state index is 0.00426. The molecule has 1 N–H and O–H groups in total. The summed E-state index contributed by atoms with van der Waals surface area (Å²) in [5.74, 6) is 0.316. The summed E-state index contributed by atoms with van der Waals surface area (Å²) in [5.41, 5.74) is 2.18. The molecule has 1 aliphatic heterocycles.